The van der Waals surface area contributed by atoms with Crippen LogP contribution in [0.2, 0.25) is 0 Å². The lowest BCUT2D eigenvalue weighted by Gasteiger charge is -2.16. The predicted octanol–water partition coefficient (Wildman–Crippen LogP) is 9.51. The highest BCUT2D eigenvalue weighted by Crippen LogP contribution is 2.33. The molecule has 296 valence electrons. The number of Topliss-reactive ketones (excluding diaryl/α,β-unsaturated/α-hetero) is 1. The molecule has 0 aromatic rings. The number of ether oxygens (including phenoxy) is 2. The van der Waals surface area contributed by atoms with Crippen molar-refractivity contribution in [2.24, 2.45) is 17.8 Å². The third-order valence-electron chi connectivity index (χ3n) is 9.99. The maximum absolute atomic E-state index is 12.4. The molecule has 1 aliphatic carbocycles. The molecule has 0 unspecified atom stereocenters. The summed E-state index contributed by atoms with van der Waals surface area (Å²) in [5.41, 5.74) is 0. The number of aliphatic hydroxyl groups excluding tert-OH is 3. The van der Waals surface area contributed by atoms with E-state index in [1.54, 1.807) is 12.2 Å². The molecule has 51 heavy (non-hydrogen) atoms. The Morgan fingerprint density at radius 1 is 0.725 bits per heavy atom. The molecule has 1 saturated carbocycles. The first-order chi connectivity index (χ1) is 24.6. The van der Waals surface area contributed by atoms with Crippen LogP contribution >= 0.6 is 0 Å². The van der Waals surface area contributed by atoms with E-state index < -0.39 is 24.3 Å². The van der Waals surface area contributed by atoms with Crippen molar-refractivity contribution in [3.63, 3.8) is 0 Å². The van der Waals surface area contributed by atoms with Crippen molar-refractivity contribution in [2.75, 3.05) is 13.2 Å². The summed E-state index contributed by atoms with van der Waals surface area (Å²) in [6, 6.07) is 0. The summed E-state index contributed by atoms with van der Waals surface area (Å²) in [5.74, 6) is -0.493. The molecule has 0 radical (unpaired) electrons. The normalized spacial score (nSPS) is 19.0. The molecule has 0 heterocycles. The topological polar surface area (TPSA) is 130 Å². The van der Waals surface area contributed by atoms with E-state index in [0.717, 1.165) is 44.4 Å². The quantitative estimate of drug-likeness (QED) is 0.0347. The maximum Gasteiger partial charge on any atom is 0.305 e. The Morgan fingerprint density at radius 2 is 1.24 bits per heavy atom. The molecule has 1 fully saturated rings. The molecule has 0 spiro atoms. The number of hydrogen-bond donors (Lipinski definition) is 3. The zero-order chi connectivity index (χ0) is 37.5. The van der Waals surface area contributed by atoms with Gasteiger partial charge in [0.2, 0.25) is 0 Å². The smallest absolute Gasteiger partial charge is 0.305 e. The van der Waals surface area contributed by atoms with Crippen LogP contribution in [0.4, 0.5) is 0 Å². The van der Waals surface area contributed by atoms with Gasteiger partial charge in [0.05, 0.1) is 12.2 Å². The second kappa shape index (κ2) is 31.5. The van der Waals surface area contributed by atoms with Crippen LogP contribution in [0.1, 0.15) is 181 Å². The van der Waals surface area contributed by atoms with Crippen LogP contribution in [0, 0.1) is 17.8 Å². The molecule has 0 amide bonds. The standard InChI is InChI=1S/C43H76O8/c1-4-5-20-26-36(44)30-31-39-38(40(46)32-41(39)47)27-22-18-19-24-29-43(49)51-34-37(45)33-50-42(48)28-23-17-15-13-11-9-7-6-8-10-12-14-16-21-25-35(2)3/h18,22,30-31,35-39,41,44-45,47H,4-17,19-21,23-29,32-34H2,1-3H3/b22-18-,31-30+/t36-,37+,38+,39+,41+/m0/s1. The Balaban J connectivity index is 2.01. The lowest BCUT2D eigenvalue weighted by molar-refractivity contribution is -0.152. The van der Waals surface area contributed by atoms with Crippen molar-refractivity contribution in [2.45, 2.75) is 200 Å². The molecular weight excluding hydrogens is 644 g/mol. The second-order valence-electron chi connectivity index (χ2n) is 15.4. The van der Waals surface area contributed by atoms with Gasteiger partial charge >= 0.3 is 11.9 Å². The van der Waals surface area contributed by atoms with Gasteiger partial charge in [-0.25, -0.2) is 0 Å². The Morgan fingerprint density at radius 3 is 1.78 bits per heavy atom. The van der Waals surface area contributed by atoms with Crippen molar-refractivity contribution in [3.8, 4) is 0 Å². The summed E-state index contributed by atoms with van der Waals surface area (Å²) in [5, 5.41) is 30.6. The van der Waals surface area contributed by atoms with Gasteiger partial charge in [-0.05, 0) is 38.0 Å². The molecule has 3 N–H and O–H groups in total. The van der Waals surface area contributed by atoms with Crippen molar-refractivity contribution in [1.82, 2.24) is 0 Å². The molecule has 1 aliphatic rings. The van der Waals surface area contributed by atoms with E-state index in [-0.39, 0.29) is 49.6 Å². The monoisotopic (exact) mass is 721 g/mol. The minimum Gasteiger partial charge on any atom is -0.463 e. The Bertz CT molecular complexity index is 944. The lowest BCUT2D eigenvalue weighted by Crippen LogP contribution is -2.25. The Hall–Kier alpha value is -2.03. The number of ketones is 1. The fourth-order valence-corrected chi connectivity index (χ4v) is 6.72. The number of allylic oxidation sites excluding steroid dienone is 2. The SMILES string of the molecule is CCCCC[C@H](O)/C=C/[C@H]1[C@H](O)CC(=O)[C@@H]1C/C=C\CCCC(=O)OC[C@H](O)COC(=O)CCCCCCCCCCCCCCCCC(C)C. The molecule has 0 saturated heterocycles. The summed E-state index contributed by atoms with van der Waals surface area (Å²) in [6.45, 7) is 6.33. The van der Waals surface area contributed by atoms with Crippen LogP contribution in [-0.2, 0) is 23.9 Å². The minimum atomic E-state index is -1.05. The van der Waals surface area contributed by atoms with Gasteiger partial charge in [-0.15, -0.1) is 0 Å². The molecule has 5 atom stereocenters. The van der Waals surface area contributed by atoms with Gasteiger partial charge in [0.25, 0.3) is 0 Å². The highest BCUT2D eigenvalue weighted by molar-refractivity contribution is 5.84. The van der Waals surface area contributed by atoms with E-state index in [9.17, 15) is 29.7 Å². The van der Waals surface area contributed by atoms with Gasteiger partial charge in [0, 0.05) is 31.1 Å². The van der Waals surface area contributed by atoms with E-state index in [1.807, 2.05) is 12.2 Å². The van der Waals surface area contributed by atoms with Gasteiger partial charge < -0.3 is 24.8 Å². The van der Waals surface area contributed by atoms with E-state index >= 15 is 0 Å². The molecule has 8 heteroatoms. The van der Waals surface area contributed by atoms with E-state index in [1.165, 1.54) is 77.0 Å². The van der Waals surface area contributed by atoms with Gasteiger partial charge in [0.15, 0.2) is 0 Å². The molecule has 1 rings (SSSR count). The van der Waals surface area contributed by atoms with E-state index in [0.29, 0.717) is 32.1 Å². The zero-order valence-corrected chi connectivity index (χ0v) is 32.7. The van der Waals surface area contributed by atoms with Crippen molar-refractivity contribution in [1.29, 1.82) is 0 Å². The maximum atomic E-state index is 12.4. The number of carbonyl (C=O) groups is 3. The third kappa shape index (κ3) is 26.4. The van der Waals surface area contributed by atoms with Crippen LogP contribution in [0.3, 0.4) is 0 Å². The predicted molar refractivity (Wildman–Crippen MR) is 206 cm³/mol. The zero-order valence-electron chi connectivity index (χ0n) is 32.7. The largest absolute Gasteiger partial charge is 0.463 e. The van der Waals surface area contributed by atoms with Crippen LogP contribution in [0.5, 0.6) is 0 Å². The fourth-order valence-electron chi connectivity index (χ4n) is 6.72. The average molecular weight is 721 g/mol. The molecule has 8 nitrogen and oxygen atoms in total. The summed E-state index contributed by atoms with van der Waals surface area (Å²) in [7, 11) is 0. The number of carbonyl (C=O) groups excluding carboxylic acids is 3. The first-order valence-electron chi connectivity index (χ1n) is 20.8. The molecular formula is C43H76O8. The first-order valence-corrected chi connectivity index (χ1v) is 20.8. The second-order valence-corrected chi connectivity index (χ2v) is 15.4. The molecule has 0 bridgehead atoms. The molecule has 0 aromatic heterocycles. The van der Waals surface area contributed by atoms with E-state index in [4.69, 9.17) is 9.47 Å². The Kier molecular flexibility index (Phi) is 29.0. The third-order valence-corrected chi connectivity index (χ3v) is 9.99. The number of aliphatic hydroxyl groups is 3. The summed E-state index contributed by atoms with van der Waals surface area (Å²) in [4.78, 5) is 36.5. The highest BCUT2D eigenvalue weighted by Gasteiger charge is 2.39. The van der Waals surface area contributed by atoms with Gasteiger partial charge in [-0.3, -0.25) is 14.4 Å². The van der Waals surface area contributed by atoms with Crippen LogP contribution in [-0.4, -0.2) is 64.6 Å². The van der Waals surface area contributed by atoms with Crippen molar-refractivity contribution < 1.29 is 39.2 Å². The number of rotatable bonds is 33. The lowest BCUT2D eigenvalue weighted by atomic mass is 9.90. The van der Waals surface area contributed by atoms with Gasteiger partial charge in [-0.1, -0.05) is 154 Å². The average Bonchev–Trinajstić information content (AvgIpc) is 3.37. The fraction of sp³-hybridized carbons (Fsp3) is 0.837. The number of esters is 2. The van der Waals surface area contributed by atoms with Crippen molar-refractivity contribution in [3.05, 3.63) is 24.3 Å². The van der Waals surface area contributed by atoms with Gasteiger partial charge in [0.1, 0.15) is 25.1 Å². The number of hydrogen-bond acceptors (Lipinski definition) is 8. The first kappa shape index (κ1) is 47.0. The van der Waals surface area contributed by atoms with E-state index in [2.05, 4.69) is 20.8 Å². The molecule has 0 aliphatic heterocycles. The molecule has 0 aromatic carbocycles. The van der Waals surface area contributed by atoms with Gasteiger partial charge in [-0.2, -0.15) is 0 Å². The van der Waals surface area contributed by atoms with Crippen molar-refractivity contribution >= 4 is 17.7 Å². The van der Waals surface area contributed by atoms with Crippen LogP contribution < -0.4 is 0 Å². The minimum absolute atomic E-state index is 0.0325. The summed E-state index contributed by atoms with van der Waals surface area (Å²) < 4.78 is 10.3. The summed E-state index contributed by atoms with van der Waals surface area (Å²) in [6.07, 6.45) is 30.3. The summed E-state index contributed by atoms with van der Waals surface area (Å²) >= 11 is 0. The number of unbranched alkanes of at least 4 members (excludes halogenated alkanes) is 16. The van der Waals surface area contributed by atoms with Crippen LogP contribution in [0.15, 0.2) is 24.3 Å². The van der Waals surface area contributed by atoms with Crippen LogP contribution in [0.25, 0.3) is 0 Å². The Labute approximate surface area is 311 Å². The highest BCUT2D eigenvalue weighted by atomic mass is 16.6.